The van der Waals surface area contributed by atoms with Crippen LogP contribution in [0.1, 0.15) is 45.1 Å². The molecule has 0 radical (unpaired) electrons. The van der Waals surface area contributed by atoms with Crippen molar-refractivity contribution < 1.29 is 4.79 Å². The second kappa shape index (κ2) is 7.21. The molecule has 1 nitrogen and oxygen atoms in total. The molecular weight excluding hydrogens is 196 g/mol. The Kier molecular flexibility index (Phi) is 5.84. The van der Waals surface area contributed by atoms with Gasteiger partial charge in [0.25, 0.3) is 0 Å². The summed E-state index contributed by atoms with van der Waals surface area (Å²) >= 11 is 0. The number of Topliss-reactive ketones (excluding diaryl/α,β-unsaturated/α-hetero) is 1. The monoisotopic (exact) mass is 218 g/mol. The van der Waals surface area contributed by atoms with Gasteiger partial charge in [-0.3, -0.25) is 4.79 Å². The Morgan fingerprint density at radius 3 is 2.44 bits per heavy atom. The quantitative estimate of drug-likeness (QED) is 0.675. The van der Waals surface area contributed by atoms with Gasteiger partial charge in [-0.2, -0.15) is 0 Å². The van der Waals surface area contributed by atoms with Crippen LogP contribution in [0.5, 0.6) is 0 Å². The third-order valence-corrected chi connectivity index (χ3v) is 2.77. The maximum atomic E-state index is 11.6. The van der Waals surface area contributed by atoms with Crippen LogP contribution in [-0.4, -0.2) is 5.78 Å². The number of benzene rings is 1. The van der Waals surface area contributed by atoms with E-state index in [-0.39, 0.29) is 0 Å². The minimum Gasteiger partial charge on any atom is -0.300 e. The van der Waals surface area contributed by atoms with Crippen LogP contribution in [0.15, 0.2) is 30.3 Å². The highest BCUT2D eigenvalue weighted by atomic mass is 16.1. The molecule has 1 aromatic carbocycles. The summed E-state index contributed by atoms with van der Waals surface area (Å²) in [6, 6.07) is 10.2. The topological polar surface area (TPSA) is 17.1 Å². The number of hydrogen-bond donors (Lipinski definition) is 0. The van der Waals surface area contributed by atoms with E-state index in [1.165, 1.54) is 5.56 Å². The van der Waals surface area contributed by atoms with Gasteiger partial charge >= 0.3 is 0 Å². The van der Waals surface area contributed by atoms with E-state index in [0.29, 0.717) is 18.1 Å². The van der Waals surface area contributed by atoms with Crippen LogP contribution < -0.4 is 0 Å². The van der Waals surface area contributed by atoms with Crippen LogP contribution in [0.25, 0.3) is 0 Å². The molecule has 0 aliphatic carbocycles. The van der Waals surface area contributed by atoms with Crippen molar-refractivity contribution >= 4 is 5.78 Å². The summed E-state index contributed by atoms with van der Waals surface area (Å²) in [6.45, 7) is 4.41. The Bertz CT molecular complexity index is 300. The molecule has 0 heterocycles. The summed E-state index contributed by atoms with van der Waals surface area (Å²) in [5, 5.41) is 0. The van der Waals surface area contributed by atoms with Crippen molar-refractivity contribution in [2.75, 3.05) is 0 Å². The standard InChI is InChI=1S/C15H22O/c1-13(2)7-6-10-15(16)12-11-14-8-4-3-5-9-14/h3-5,8-9,13H,6-7,10-12H2,1-2H3. The average molecular weight is 218 g/mol. The lowest BCUT2D eigenvalue weighted by atomic mass is 10.0. The van der Waals surface area contributed by atoms with Gasteiger partial charge in [0.1, 0.15) is 5.78 Å². The predicted molar refractivity (Wildman–Crippen MR) is 68.5 cm³/mol. The molecule has 0 aliphatic rings. The molecule has 0 spiro atoms. The fourth-order valence-corrected chi connectivity index (χ4v) is 1.76. The zero-order valence-electron chi connectivity index (χ0n) is 10.4. The molecule has 0 saturated carbocycles. The van der Waals surface area contributed by atoms with Crippen LogP contribution >= 0.6 is 0 Å². The molecule has 1 heteroatoms. The largest absolute Gasteiger partial charge is 0.300 e. The number of rotatable bonds is 7. The SMILES string of the molecule is CC(C)CCCC(=O)CCc1ccccc1. The maximum Gasteiger partial charge on any atom is 0.133 e. The molecule has 0 atom stereocenters. The Labute approximate surface area is 98.9 Å². The first-order valence-corrected chi connectivity index (χ1v) is 6.24. The highest BCUT2D eigenvalue weighted by Gasteiger charge is 2.03. The lowest BCUT2D eigenvalue weighted by Crippen LogP contribution is -2.01. The van der Waals surface area contributed by atoms with Crippen molar-refractivity contribution in [3.05, 3.63) is 35.9 Å². The van der Waals surface area contributed by atoms with Crippen LogP contribution in [0.2, 0.25) is 0 Å². The first-order chi connectivity index (χ1) is 7.68. The van der Waals surface area contributed by atoms with Gasteiger partial charge in [0.2, 0.25) is 0 Å². The fourth-order valence-electron chi connectivity index (χ4n) is 1.76. The lowest BCUT2D eigenvalue weighted by Gasteiger charge is -2.04. The first-order valence-electron chi connectivity index (χ1n) is 6.24. The van der Waals surface area contributed by atoms with Gasteiger partial charge < -0.3 is 0 Å². The van der Waals surface area contributed by atoms with Crippen molar-refractivity contribution in [2.45, 2.75) is 46.0 Å². The van der Waals surface area contributed by atoms with Gasteiger partial charge in [0, 0.05) is 12.8 Å². The van der Waals surface area contributed by atoms with Crippen molar-refractivity contribution in [3.8, 4) is 0 Å². The predicted octanol–water partition coefficient (Wildman–Crippen LogP) is 4.01. The van der Waals surface area contributed by atoms with E-state index in [0.717, 1.165) is 25.7 Å². The summed E-state index contributed by atoms with van der Waals surface area (Å²) in [5.41, 5.74) is 1.26. The minimum absolute atomic E-state index is 0.407. The molecule has 0 aromatic heterocycles. The Morgan fingerprint density at radius 1 is 1.12 bits per heavy atom. The van der Waals surface area contributed by atoms with Crippen molar-refractivity contribution in [3.63, 3.8) is 0 Å². The van der Waals surface area contributed by atoms with Gasteiger partial charge in [0.05, 0.1) is 0 Å². The molecule has 88 valence electrons. The number of ketones is 1. The van der Waals surface area contributed by atoms with Crippen molar-refractivity contribution in [1.29, 1.82) is 0 Å². The van der Waals surface area contributed by atoms with Gasteiger partial charge in [-0.25, -0.2) is 0 Å². The normalized spacial score (nSPS) is 10.7. The molecule has 0 N–H and O–H groups in total. The van der Waals surface area contributed by atoms with E-state index >= 15 is 0 Å². The summed E-state index contributed by atoms with van der Waals surface area (Å²) in [5.74, 6) is 1.12. The summed E-state index contributed by atoms with van der Waals surface area (Å²) < 4.78 is 0. The molecule has 0 unspecified atom stereocenters. The summed E-state index contributed by atoms with van der Waals surface area (Å²) in [7, 11) is 0. The second-order valence-corrected chi connectivity index (χ2v) is 4.81. The zero-order valence-corrected chi connectivity index (χ0v) is 10.4. The fraction of sp³-hybridized carbons (Fsp3) is 0.533. The van der Waals surface area contributed by atoms with Crippen LogP contribution in [0, 0.1) is 5.92 Å². The van der Waals surface area contributed by atoms with Gasteiger partial charge in [0.15, 0.2) is 0 Å². The molecule has 16 heavy (non-hydrogen) atoms. The van der Waals surface area contributed by atoms with E-state index < -0.39 is 0 Å². The van der Waals surface area contributed by atoms with E-state index in [1.807, 2.05) is 18.2 Å². The van der Waals surface area contributed by atoms with E-state index in [9.17, 15) is 4.79 Å². The Balaban J connectivity index is 2.16. The maximum absolute atomic E-state index is 11.6. The lowest BCUT2D eigenvalue weighted by molar-refractivity contribution is -0.119. The molecular formula is C15H22O. The van der Waals surface area contributed by atoms with Crippen molar-refractivity contribution in [1.82, 2.24) is 0 Å². The number of carbonyl (C=O) groups excluding carboxylic acids is 1. The molecule has 0 fully saturated rings. The molecule has 0 amide bonds. The third kappa shape index (κ3) is 5.69. The van der Waals surface area contributed by atoms with Crippen LogP contribution in [0.3, 0.4) is 0 Å². The van der Waals surface area contributed by atoms with Crippen LogP contribution in [0.4, 0.5) is 0 Å². The van der Waals surface area contributed by atoms with Gasteiger partial charge in [-0.1, -0.05) is 50.6 Å². The highest BCUT2D eigenvalue weighted by Crippen LogP contribution is 2.09. The van der Waals surface area contributed by atoms with E-state index in [2.05, 4.69) is 26.0 Å². The molecule has 0 bridgehead atoms. The molecule has 0 aliphatic heterocycles. The second-order valence-electron chi connectivity index (χ2n) is 4.81. The Hall–Kier alpha value is -1.11. The molecule has 1 rings (SSSR count). The third-order valence-electron chi connectivity index (χ3n) is 2.77. The number of hydrogen-bond acceptors (Lipinski definition) is 1. The van der Waals surface area contributed by atoms with E-state index in [4.69, 9.17) is 0 Å². The van der Waals surface area contributed by atoms with Crippen LogP contribution in [-0.2, 0) is 11.2 Å². The van der Waals surface area contributed by atoms with E-state index in [1.54, 1.807) is 0 Å². The molecule has 0 saturated heterocycles. The Morgan fingerprint density at radius 2 is 1.81 bits per heavy atom. The average Bonchev–Trinajstić information content (AvgIpc) is 2.27. The summed E-state index contributed by atoms with van der Waals surface area (Å²) in [4.78, 5) is 11.6. The highest BCUT2D eigenvalue weighted by molar-refractivity contribution is 5.78. The first kappa shape index (κ1) is 13.0. The minimum atomic E-state index is 0.407. The van der Waals surface area contributed by atoms with Crippen molar-refractivity contribution in [2.24, 2.45) is 5.92 Å². The number of aryl methyl sites for hydroxylation is 1. The smallest absolute Gasteiger partial charge is 0.133 e. The molecule has 1 aromatic rings. The number of carbonyl (C=O) groups is 1. The van der Waals surface area contributed by atoms with Gasteiger partial charge in [-0.15, -0.1) is 0 Å². The summed E-state index contributed by atoms with van der Waals surface area (Å²) in [6.07, 6.45) is 4.55. The van der Waals surface area contributed by atoms with Gasteiger partial charge in [-0.05, 0) is 24.3 Å². The zero-order chi connectivity index (χ0) is 11.8.